The van der Waals surface area contributed by atoms with Crippen molar-refractivity contribution >= 4 is 11.7 Å². The maximum absolute atomic E-state index is 12.0. The van der Waals surface area contributed by atoms with Gasteiger partial charge in [-0.15, -0.1) is 0 Å². The molecule has 1 aromatic carbocycles. The van der Waals surface area contributed by atoms with Gasteiger partial charge in [0.05, 0.1) is 0 Å². The highest BCUT2D eigenvalue weighted by molar-refractivity contribution is 5.94. The van der Waals surface area contributed by atoms with E-state index in [0.717, 1.165) is 12.1 Å². The van der Waals surface area contributed by atoms with Crippen LogP contribution in [0.15, 0.2) is 30.5 Å². The number of nitro groups is 1. The lowest BCUT2D eigenvalue weighted by molar-refractivity contribution is -0.389. The van der Waals surface area contributed by atoms with Crippen molar-refractivity contribution in [1.29, 1.82) is 0 Å². The van der Waals surface area contributed by atoms with Crippen molar-refractivity contribution < 1.29 is 14.5 Å². The van der Waals surface area contributed by atoms with Gasteiger partial charge in [-0.25, -0.2) is 0 Å². The molecule has 0 saturated carbocycles. The molecule has 3 rings (SSSR count). The monoisotopic (exact) mass is 373 g/mol. The quantitative estimate of drug-likeness (QED) is 0.634. The summed E-state index contributed by atoms with van der Waals surface area (Å²) in [5, 5.41) is 13.7. The Hall–Kier alpha value is -2.94. The average Bonchev–Trinajstić information content (AvgIpc) is 3.00. The van der Waals surface area contributed by atoms with Crippen LogP contribution < -0.4 is 10.1 Å². The molecule has 2 aromatic rings. The van der Waals surface area contributed by atoms with E-state index in [-0.39, 0.29) is 17.8 Å². The van der Waals surface area contributed by atoms with Crippen LogP contribution in [0.4, 0.5) is 5.82 Å². The first-order valence-corrected chi connectivity index (χ1v) is 8.89. The third-order valence-corrected chi connectivity index (χ3v) is 4.25. The molecule has 1 aliphatic heterocycles. The Labute approximate surface area is 157 Å². The van der Waals surface area contributed by atoms with E-state index in [1.807, 2.05) is 38.1 Å². The van der Waals surface area contributed by atoms with Gasteiger partial charge in [-0.05, 0) is 36.5 Å². The van der Waals surface area contributed by atoms with Crippen molar-refractivity contribution in [3.63, 3.8) is 0 Å². The van der Waals surface area contributed by atoms with Crippen molar-refractivity contribution in [3.8, 4) is 6.01 Å². The number of nitrogens with one attached hydrogen (secondary N) is 1. The van der Waals surface area contributed by atoms with Crippen molar-refractivity contribution in [2.24, 2.45) is 0 Å². The smallest absolute Gasteiger partial charge is 0.414 e. The number of amides is 1. The largest absolute Gasteiger partial charge is 0.444 e. The predicted octanol–water partition coefficient (Wildman–Crippen LogP) is 1.82. The Kier molecular flexibility index (Phi) is 5.70. The molecule has 9 nitrogen and oxygen atoms in total. The summed E-state index contributed by atoms with van der Waals surface area (Å²) in [4.78, 5) is 28.5. The zero-order valence-corrected chi connectivity index (χ0v) is 15.4. The van der Waals surface area contributed by atoms with Gasteiger partial charge in [0.25, 0.3) is 5.91 Å². The molecule has 1 amide bonds. The minimum Gasteiger partial charge on any atom is -0.444 e. The van der Waals surface area contributed by atoms with E-state index in [4.69, 9.17) is 4.74 Å². The normalized spacial score (nSPS) is 14.8. The number of ether oxygens (including phenoxy) is 1. The number of benzene rings is 1. The Morgan fingerprint density at radius 3 is 2.70 bits per heavy atom. The minimum absolute atomic E-state index is 0.0783. The van der Waals surface area contributed by atoms with E-state index in [1.165, 1.54) is 6.20 Å². The lowest BCUT2D eigenvalue weighted by Crippen LogP contribution is -2.33. The van der Waals surface area contributed by atoms with Crippen LogP contribution in [-0.2, 0) is 13.1 Å². The van der Waals surface area contributed by atoms with E-state index in [1.54, 1.807) is 4.57 Å². The zero-order chi connectivity index (χ0) is 19.4. The molecule has 0 saturated heterocycles. The molecule has 0 radical (unpaired) electrons. The summed E-state index contributed by atoms with van der Waals surface area (Å²) in [5.41, 5.74) is 1.73. The van der Waals surface area contributed by atoms with Gasteiger partial charge in [0.1, 0.15) is 12.8 Å². The van der Waals surface area contributed by atoms with E-state index in [9.17, 15) is 14.9 Å². The fourth-order valence-corrected chi connectivity index (χ4v) is 2.90. The van der Waals surface area contributed by atoms with Gasteiger partial charge in [0.2, 0.25) is 0 Å². The molecule has 9 heteroatoms. The highest BCUT2D eigenvalue weighted by atomic mass is 16.6. The number of rotatable bonds is 5. The lowest BCUT2D eigenvalue weighted by atomic mass is 10.1. The van der Waals surface area contributed by atoms with Crippen LogP contribution in [0.2, 0.25) is 0 Å². The van der Waals surface area contributed by atoms with Gasteiger partial charge in [0, 0.05) is 42.8 Å². The summed E-state index contributed by atoms with van der Waals surface area (Å²) >= 11 is 0. The zero-order valence-electron chi connectivity index (χ0n) is 15.4. The van der Waals surface area contributed by atoms with E-state index in [0.29, 0.717) is 37.8 Å². The van der Waals surface area contributed by atoms with Gasteiger partial charge in [-0.3, -0.25) is 14.3 Å². The summed E-state index contributed by atoms with van der Waals surface area (Å²) in [7, 11) is 0. The first-order valence-electron chi connectivity index (χ1n) is 8.89. The van der Waals surface area contributed by atoms with Crippen LogP contribution in [0.3, 0.4) is 0 Å². The van der Waals surface area contributed by atoms with E-state index < -0.39 is 4.92 Å². The highest BCUT2D eigenvalue weighted by Crippen LogP contribution is 2.19. The number of carbonyl (C=O) groups excluding carboxylic acids is 1. The first-order chi connectivity index (χ1) is 12.9. The number of carbonyl (C=O) groups is 1. The number of hydrogen-bond acceptors (Lipinski definition) is 6. The number of nitrogens with zero attached hydrogens (tertiary/aromatic N) is 4. The van der Waals surface area contributed by atoms with Crippen molar-refractivity contribution in [2.75, 3.05) is 19.7 Å². The number of hydrogen-bond donors (Lipinski definition) is 1. The Morgan fingerprint density at radius 1 is 1.30 bits per heavy atom. The number of imidazole rings is 1. The third kappa shape index (κ3) is 4.82. The van der Waals surface area contributed by atoms with Crippen LogP contribution in [0, 0.1) is 10.1 Å². The molecule has 1 aromatic heterocycles. The molecular weight excluding hydrogens is 350 g/mol. The maximum Gasteiger partial charge on any atom is 0.414 e. The Balaban J connectivity index is 1.61. The summed E-state index contributed by atoms with van der Waals surface area (Å²) in [6, 6.07) is 7.93. The third-order valence-electron chi connectivity index (χ3n) is 4.25. The van der Waals surface area contributed by atoms with Gasteiger partial charge >= 0.3 is 11.8 Å². The topological polar surface area (TPSA) is 103 Å². The van der Waals surface area contributed by atoms with E-state index in [2.05, 4.69) is 15.2 Å². The molecule has 27 heavy (non-hydrogen) atoms. The second kappa shape index (κ2) is 8.17. The highest BCUT2D eigenvalue weighted by Gasteiger charge is 2.22. The number of aromatic nitrogens is 2. The maximum atomic E-state index is 12.0. The van der Waals surface area contributed by atoms with Crippen LogP contribution in [0.1, 0.15) is 29.8 Å². The summed E-state index contributed by atoms with van der Waals surface area (Å²) in [6.45, 7) is 6.94. The standard InChI is InChI=1S/C18H23N5O4/c1-13(2)19-17(24)15-5-3-14(4-6-15)11-21-7-8-22-12-16(23(25)26)20-18(22)27-10-9-21/h3-6,12-13H,7-11H2,1-2H3,(H,19,24). The summed E-state index contributed by atoms with van der Waals surface area (Å²) < 4.78 is 7.24. The van der Waals surface area contributed by atoms with Crippen LogP contribution in [0.25, 0.3) is 0 Å². The fourth-order valence-electron chi connectivity index (χ4n) is 2.90. The van der Waals surface area contributed by atoms with Crippen molar-refractivity contribution in [1.82, 2.24) is 19.8 Å². The molecular formula is C18H23N5O4. The molecule has 0 atom stereocenters. The van der Waals surface area contributed by atoms with Gasteiger partial charge < -0.3 is 20.2 Å². The number of fused-ring (bicyclic) bond motifs is 1. The first kappa shape index (κ1) is 18.8. The minimum atomic E-state index is -0.518. The Morgan fingerprint density at radius 2 is 2.04 bits per heavy atom. The molecule has 0 unspecified atom stereocenters. The van der Waals surface area contributed by atoms with Crippen molar-refractivity contribution in [2.45, 2.75) is 33.0 Å². The molecule has 144 valence electrons. The molecule has 2 heterocycles. The molecule has 0 aliphatic carbocycles. The lowest BCUT2D eigenvalue weighted by Gasteiger charge is -2.24. The summed E-state index contributed by atoms with van der Waals surface area (Å²) in [5.74, 6) is -0.279. The second-order valence-corrected chi connectivity index (χ2v) is 6.78. The second-order valence-electron chi connectivity index (χ2n) is 6.78. The SMILES string of the molecule is CC(C)NC(=O)c1ccc(CN2CCOc3nc([N+](=O)[O-])cn3CC2)cc1. The van der Waals surface area contributed by atoms with Crippen molar-refractivity contribution in [3.05, 3.63) is 51.7 Å². The molecule has 0 bridgehead atoms. The molecule has 1 N–H and O–H groups in total. The average molecular weight is 373 g/mol. The van der Waals surface area contributed by atoms with E-state index >= 15 is 0 Å². The van der Waals surface area contributed by atoms with Crippen LogP contribution in [-0.4, -0.2) is 51.0 Å². The van der Waals surface area contributed by atoms with Gasteiger partial charge in [-0.2, -0.15) is 0 Å². The molecule has 1 aliphatic rings. The van der Waals surface area contributed by atoms with Gasteiger partial charge in [-0.1, -0.05) is 12.1 Å². The Bertz CT molecular complexity index is 816. The molecule has 0 fully saturated rings. The predicted molar refractivity (Wildman–Crippen MR) is 98.7 cm³/mol. The fraction of sp³-hybridized carbons (Fsp3) is 0.444. The summed E-state index contributed by atoms with van der Waals surface area (Å²) in [6.07, 6.45) is 1.40. The molecule has 0 spiro atoms. The van der Waals surface area contributed by atoms with Gasteiger partial charge in [0.15, 0.2) is 0 Å². The van der Waals surface area contributed by atoms with Crippen LogP contribution in [0.5, 0.6) is 6.01 Å². The van der Waals surface area contributed by atoms with Crippen LogP contribution >= 0.6 is 0 Å².